The van der Waals surface area contributed by atoms with E-state index in [4.69, 9.17) is 0 Å². The highest BCUT2D eigenvalue weighted by molar-refractivity contribution is 6.05. The second-order valence-electron chi connectivity index (χ2n) is 5.87. The summed E-state index contributed by atoms with van der Waals surface area (Å²) in [5.74, 6) is -1.83. The van der Waals surface area contributed by atoms with Crippen LogP contribution in [0.1, 0.15) is 33.2 Å². The number of carbonyl (C=O) groups excluding carboxylic acids is 3. The molecule has 0 aliphatic carbocycles. The summed E-state index contributed by atoms with van der Waals surface area (Å²) in [5.41, 5.74) is -0.922. The van der Waals surface area contributed by atoms with Gasteiger partial charge in [0, 0.05) is 30.9 Å². The van der Waals surface area contributed by atoms with Crippen LogP contribution in [0.25, 0.3) is 0 Å². The van der Waals surface area contributed by atoms with Gasteiger partial charge in [0.05, 0.1) is 18.2 Å². The van der Waals surface area contributed by atoms with E-state index < -0.39 is 23.6 Å². The third-order valence-electron chi connectivity index (χ3n) is 3.93. The molecule has 0 radical (unpaired) electrons. The van der Waals surface area contributed by atoms with Gasteiger partial charge in [-0.05, 0) is 42.5 Å². The van der Waals surface area contributed by atoms with Crippen molar-refractivity contribution in [3.8, 4) is 0 Å². The molecule has 2 rings (SSSR count). The van der Waals surface area contributed by atoms with E-state index >= 15 is 0 Å². The van der Waals surface area contributed by atoms with E-state index in [-0.39, 0.29) is 22.7 Å². The molecule has 0 saturated carbocycles. The SMILES string of the molecule is COC(=O)c1cc(NC(=O)c2ccc(N(C)C(C)=O)cc2)cc(C(F)(F)F)c1. The molecule has 1 N–H and O–H groups in total. The molecule has 0 heterocycles. The van der Waals surface area contributed by atoms with Crippen molar-refractivity contribution in [3.63, 3.8) is 0 Å². The van der Waals surface area contributed by atoms with Crippen molar-refractivity contribution in [2.45, 2.75) is 13.1 Å². The Hall–Kier alpha value is -3.36. The Morgan fingerprint density at radius 2 is 1.61 bits per heavy atom. The fourth-order valence-electron chi connectivity index (χ4n) is 2.32. The van der Waals surface area contributed by atoms with Crippen molar-refractivity contribution in [2.24, 2.45) is 0 Å². The fourth-order valence-corrected chi connectivity index (χ4v) is 2.32. The molecule has 2 aromatic rings. The molecule has 9 heteroatoms. The van der Waals surface area contributed by atoms with Crippen molar-refractivity contribution < 1.29 is 32.3 Å². The molecule has 2 amide bonds. The number of carbonyl (C=O) groups is 3. The topological polar surface area (TPSA) is 75.7 Å². The maximum atomic E-state index is 13.1. The zero-order valence-corrected chi connectivity index (χ0v) is 15.3. The van der Waals surface area contributed by atoms with Crippen molar-refractivity contribution in [2.75, 3.05) is 24.4 Å². The molecule has 0 saturated heterocycles. The van der Waals surface area contributed by atoms with Crippen LogP contribution in [0.3, 0.4) is 0 Å². The van der Waals surface area contributed by atoms with Gasteiger partial charge < -0.3 is 15.0 Å². The molecular weight excluding hydrogens is 377 g/mol. The largest absolute Gasteiger partial charge is 0.465 e. The number of halogens is 3. The lowest BCUT2D eigenvalue weighted by Gasteiger charge is -2.15. The number of hydrogen-bond donors (Lipinski definition) is 1. The minimum absolute atomic E-state index is 0.165. The van der Waals surface area contributed by atoms with Gasteiger partial charge in [-0.3, -0.25) is 9.59 Å². The number of rotatable bonds is 4. The Labute approximate surface area is 158 Å². The second kappa shape index (κ2) is 8.12. The highest BCUT2D eigenvalue weighted by atomic mass is 19.4. The minimum atomic E-state index is -4.71. The van der Waals surface area contributed by atoms with E-state index in [0.29, 0.717) is 11.8 Å². The van der Waals surface area contributed by atoms with Gasteiger partial charge in [0.2, 0.25) is 5.91 Å². The second-order valence-corrected chi connectivity index (χ2v) is 5.87. The number of ether oxygens (including phenoxy) is 1. The molecular formula is C19H17F3N2O4. The predicted octanol–water partition coefficient (Wildman–Crippen LogP) is 3.73. The standard InChI is InChI=1S/C19H17F3N2O4/c1-11(25)24(2)16-6-4-12(5-7-16)17(26)23-15-9-13(18(27)28-3)8-14(10-15)19(20,21)22/h4-10H,1-3H3,(H,23,26). The molecule has 0 unspecified atom stereocenters. The summed E-state index contributed by atoms with van der Waals surface area (Å²) < 4.78 is 43.6. The van der Waals surface area contributed by atoms with Gasteiger partial charge in [-0.25, -0.2) is 4.79 Å². The Balaban J connectivity index is 2.30. The summed E-state index contributed by atoms with van der Waals surface area (Å²) in [6.07, 6.45) is -4.71. The highest BCUT2D eigenvalue weighted by Crippen LogP contribution is 2.32. The quantitative estimate of drug-likeness (QED) is 0.802. The summed E-state index contributed by atoms with van der Waals surface area (Å²) in [6.45, 7) is 1.38. The average Bonchev–Trinajstić information content (AvgIpc) is 2.65. The molecule has 0 spiro atoms. The summed E-state index contributed by atoms with van der Waals surface area (Å²) >= 11 is 0. The third-order valence-corrected chi connectivity index (χ3v) is 3.93. The fraction of sp³-hybridized carbons (Fsp3) is 0.211. The molecule has 0 fully saturated rings. The van der Waals surface area contributed by atoms with Gasteiger partial charge >= 0.3 is 12.1 Å². The minimum Gasteiger partial charge on any atom is -0.465 e. The van der Waals surface area contributed by atoms with Crippen molar-refractivity contribution in [1.29, 1.82) is 0 Å². The average molecular weight is 394 g/mol. The van der Waals surface area contributed by atoms with Gasteiger partial charge in [0.1, 0.15) is 0 Å². The maximum absolute atomic E-state index is 13.1. The van der Waals surface area contributed by atoms with E-state index in [1.807, 2.05) is 0 Å². The summed E-state index contributed by atoms with van der Waals surface area (Å²) in [5, 5.41) is 2.33. The van der Waals surface area contributed by atoms with Gasteiger partial charge in [0.15, 0.2) is 0 Å². The number of esters is 1. The van der Waals surface area contributed by atoms with Gasteiger partial charge in [-0.2, -0.15) is 13.2 Å². The number of benzene rings is 2. The zero-order valence-electron chi connectivity index (χ0n) is 15.3. The Kier molecular flexibility index (Phi) is 6.07. The lowest BCUT2D eigenvalue weighted by Crippen LogP contribution is -2.22. The number of amides is 2. The molecule has 0 aromatic heterocycles. The molecule has 2 aromatic carbocycles. The van der Waals surface area contributed by atoms with Crippen LogP contribution in [0.2, 0.25) is 0 Å². The number of hydrogen-bond acceptors (Lipinski definition) is 4. The molecule has 0 atom stereocenters. The molecule has 0 aliphatic rings. The first-order chi connectivity index (χ1) is 13.0. The lowest BCUT2D eigenvalue weighted by atomic mass is 10.1. The van der Waals surface area contributed by atoms with Crippen molar-refractivity contribution >= 4 is 29.2 Å². The van der Waals surface area contributed by atoms with Crippen molar-refractivity contribution in [3.05, 3.63) is 59.2 Å². The molecule has 0 aliphatic heterocycles. The number of alkyl halides is 3. The first-order valence-corrected chi connectivity index (χ1v) is 7.99. The van der Waals surface area contributed by atoms with Crippen LogP contribution in [0.5, 0.6) is 0 Å². The molecule has 0 bridgehead atoms. The third kappa shape index (κ3) is 4.87. The maximum Gasteiger partial charge on any atom is 0.416 e. The van der Waals surface area contributed by atoms with Crippen molar-refractivity contribution in [1.82, 2.24) is 0 Å². The lowest BCUT2D eigenvalue weighted by molar-refractivity contribution is -0.137. The Morgan fingerprint density at radius 1 is 1.00 bits per heavy atom. The molecule has 148 valence electrons. The number of anilines is 2. The van der Waals surface area contributed by atoms with Gasteiger partial charge in [0.25, 0.3) is 5.91 Å². The summed E-state index contributed by atoms with van der Waals surface area (Å²) in [4.78, 5) is 36.7. The first kappa shape index (κ1) is 20.9. The summed E-state index contributed by atoms with van der Waals surface area (Å²) in [7, 11) is 2.61. The smallest absolute Gasteiger partial charge is 0.416 e. The normalized spacial score (nSPS) is 10.9. The van der Waals surface area contributed by atoms with E-state index in [1.165, 1.54) is 36.1 Å². The van der Waals surface area contributed by atoms with Crippen LogP contribution < -0.4 is 10.2 Å². The predicted molar refractivity (Wildman–Crippen MR) is 96.3 cm³/mol. The van der Waals surface area contributed by atoms with Crippen LogP contribution in [-0.4, -0.2) is 31.9 Å². The van der Waals surface area contributed by atoms with Crippen LogP contribution in [0.4, 0.5) is 24.5 Å². The van der Waals surface area contributed by atoms with E-state index in [1.54, 1.807) is 7.05 Å². The van der Waals surface area contributed by atoms with Gasteiger partial charge in [-0.15, -0.1) is 0 Å². The van der Waals surface area contributed by atoms with Crippen LogP contribution in [-0.2, 0) is 15.7 Å². The number of methoxy groups -OCH3 is 1. The molecule has 6 nitrogen and oxygen atoms in total. The van der Waals surface area contributed by atoms with E-state index in [2.05, 4.69) is 10.1 Å². The first-order valence-electron chi connectivity index (χ1n) is 7.99. The Bertz CT molecular complexity index is 908. The zero-order chi connectivity index (χ0) is 21.1. The van der Waals surface area contributed by atoms with Crippen LogP contribution in [0, 0.1) is 0 Å². The van der Waals surface area contributed by atoms with Crippen LogP contribution in [0.15, 0.2) is 42.5 Å². The Morgan fingerprint density at radius 3 is 2.11 bits per heavy atom. The van der Waals surface area contributed by atoms with Gasteiger partial charge in [-0.1, -0.05) is 0 Å². The molecule has 28 heavy (non-hydrogen) atoms. The highest BCUT2D eigenvalue weighted by Gasteiger charge is 2.32. The van der Waals surface area contributed by atoms with Crippen LogP contribution >= 0.6 is 0 Å². The van der Waals surface area contributed by atoms with E-state index in [9.17, 15) is 27.6 Å². The summed E-state index contributed by atoms with van der Waals surface area (Å²) in [6, 6.07) is 8.38. The number of nitrogens with zero attached hydrogens (tertiary/aromatic N) is 1. The van der Waals surface area contributed by atoms with E-state index in [0.717, 1.165) is 19.2 Å². The number of nitrogens with one attached hydrogen (secondary N) is 1. The monoisotopic (exact) mass is 394 g/mol.